The summed E-state index contributed by atoms with van der Waals surface area (Å²) in [5.41, 5.74) is 3.37. The highest BCUT2D eigenvalue weighted by Gasteiger charge is 2.11. The van der Waals surface area contributed by atoms with Crippen LogP contribution in [0.15, 0.2) is 18.5 Å². The summed E-state index contributed by atoms with van der Waals surface area (Å²) in [5.74, 6) is 0. The van der Waals surface area contributed by atoms with Crippen LogP contribution in [0, 0.1) is 13.8 Å². The minimum absolute atomic E-state index is 0.340. The smallest absolute Gasteiger partial charge is 0.142 e. The van der Waals surface area contributed by atoms with Crippen molar-refractivity contribution in [2.75, 3.05) is 7.05 Å². The second kappa shape index (κ2) is 4.94. The molecule has 2 aromatic rings. The quantitative estimate of drug-likeness (QED) is 0.905. The molecule has 3 nitrogen and oxygen atoms in total. The molecule has 17 heavy (non-hydrogen) atoms. The Kier molecular flexibility index (Phi) is 3.54. The van der Waals surface area contributed by atoms with E-state index in [1.54, 1.807) is 11.3 Å². The van der Waals surface area contributed by atoms with E-state index in [1.807, 2.05) is 19.4 Å². The Balaban J connectivity index is 2.37. The molecule has 0 saturated carbocycles. The molecule has 0 bridgehead atoms. The normalized spacial score (nSPS) is 12.7. The summed E-state index contributed by atoms with van der Waals surface area (Å²) in [5, 5.41) is 4.22. The maximum absolute atomic E-state index is 4.47. The molecule has 2 heterocycles. The molecule has 0 aliphatic rings. The van der Waals surface area contributed by atoms with Gasteiger partial charge >= 0.3 is 0 Å². The molecular formula is C13H17N3S. The van der Waals surface area contributed by atoms with Gasteiger partial charge in [-0.15, -0.1) is 11.3 Å². The number of thiazole rings is 1. The molecule has 4 heteroatoms. The van der Waals surface area contributed by atoms with Gasteiger partial charge in [-0.25, -0.2) is 4.98 Å². The fraction of sp³-hybridized carbons (Fsp3) is 0.385. The molecule has 2 rings (SSSR count). The van der Waals surface area contributed by atoms with E-state index in [1.165, 1.54) is 16.0 Å². The number of hydrogen-bond acceptors (Lipinski definition) is 4. The third-order valence-corrected chi connectivity index (χ3v) is 3.99. The van der Waals surface area contributed by atoms with E-state index in [0.29, 0.717) is 6.04 Å². The maximum atomic E-state index is 4.47. The average molecular weight is 247 g/mol. The summed E-state index contributed by atoms with van der Waals surface area (Å²) in [6.45, 7) is 6.27. The fourth-order valence-electron chi connectivity index (χ4n) is 1.68. The fourth-order valence-corrected chi connectivity index (χ4v) is 2.72. The second-order valence-electron chi connectivity index (χ2n) is 4.26. The Morgan fingerprint density at radius 3 is 2.65 bits per heavy atom. The molecule has 1 unspecified atom stereocenters. The minimum Gasteiger partial charge on any atom is -0.312 e. The molecular weight excluding hydrogens is 230 g/mol. The van der Waals surface area contributed by atoms with Gasteiger partial charge < -0.3 is 5.32 Å². The predicted octanol–water partition coefficient (Wildman–Crippen LogP) is 3.10. The van der Waals surface area contributed by atoms with Crippen LogP contribution in [0.25, 0.3) is 10.7 Å². The summed E-state index contributed by atoms with van der Waals surface area (Å²) in [4.78, 5) is 10.2. The lowest BCUT2D eigenvalue weighted by Crippen LogP contribution is -2.10. The summed E-state index contributed by atoms with van der Waals surface area (Å²) < 4.78 is 0. The highest BCUT2D eigenvalue weighted by molar-refractivity contribution is 7.15. The first-order chi connectivity index (χ1) is 8.11. The van der Waals surface area contributed by atoms with Crippen molar-refractivity contribution in [1.29, 1.82) is 0 Å². The van der Waals surface area contributed by atoms with E-state index in [4.69, 9.17) is 0 Å². The van der Waals surface area contributed by atoms with Gasteiger partial charge in [-0.1, -0.05) is 6.07 Å². The maximum Gasteiger partial charge on any atom is 0.142 e. The lowest BCUT2D eigenvalue weighted by Gasteiger charge is -2.05. The van der Waals surface area contributed by atoms with Crippen LogP contribution in [0.2, 0.25) is 0 Å². The van der Waals surface area contributed by atoms with Gasteiger partial charge in [-0.2, -0.15) is 0 Å². The van der Waals surface area contributed by atoms with Crippen LogP contribution in [-0.2, 0) is 0 Å². The first-order valence-corrected chi connectivity index (χ1v) is 6.50. The Labute approximate surface area is 106 Å². The van der Waals surface area contributed by atoms with Crippen molar-refractivity contribution in [1.82, 2.24) is 15.3 Å². The average Bonchev–Trinajstić information content (AvgIpc) is 2.77. The number of pyridine rings is 1. The Bertz CT molecular complexity index is 519. The van der Waals surface area contributed by atoms with Crippen molar-refractivity contribution in [3.63, 3.8) is 0 Å². The summed E-state index contributed by atoms with van der Waals surface area (Å²) in [7, 11) is 1.96. The van der Waals surface area contributed by atoms with E-state index >= 15 is 0 Å². The SMILES string of the molecule is CNC(C)c1cnc(-c2ncc(C)cc2C)s1. The van der Waals surface area contributed by atoms with Crippen molar-refractivity contribution in [2.45, 2.75) is 26.8 Å². The number of hydrogen-bond donors (Lipinski definition) is 1. The predicted molar refractivity (Wildman–Crippen MR) is 72.3 cm³/mol. The third-order valence-electron chi connectivity index (χ3n) is 2.80. The van der Waals surface area contributed by atoms with E-state index in [-0.39, 0.29) is 0 Å². The standard InChI is InChI=1S/C13H17N3S/c1-8-5-9(2)12(15-6-8)13-16-7-11(17-13)10(3)14-4/h5-7,10,14H,1-4H3. The number of aryl methyl sites for hydroxylation is 2. The highest BCUT2D eigenvalue weighted by Crippen LogP contribution is 2.29. The number of nitrogens with zero attached hydrogens (tertiary/aromatic N) is 2. The van der Waals surface area contributed by atoms with E-state index < -0.39 is 0 Å². The van der Waals surface area contributed by atoms with Crippen LogP contribution in [0.3, 0.4) is 0 Å². The monoisotopic (exact) mass is 247 g/mol. The van der Waals surface area contributed by atoms with Crippen LogP contribution in [0.4, 0.5) is 0 Å². The molecule has 0 aromatic carbocycles. The van der Waals surface area contributed by atoms with Gasteiger partial charge in [0.1, 0.15) is 10.7 Å². The van der Waals surface area contributed by atoms with Gasteiger partial charge in [0, 0.05) is 23.3 Å². The van der Waals surface area contributed by atoms with Gasteiger partial charge in [-0.3, -0.25) is 4.98 Å². The molecule has 0 spiro atoms. The highest BCUT2D eigenvalue weighted by atomic mass is 32.1. The van der Waals surface area contributed by atoms with Gasteiger partial charge in [0.2, 0.25) is 0 Å². The summed E-state index contributed by atoms with van der Waals surface area (Å²) in [6, 6.07) is 2.48. The Hall–Kier alpha value is -1.26. The number of aromatic nitrogens is 2. The molecule has 2 aromatic heterocycles. The lowest BCUT2D eigenvalue weighted by molar-refractivity contribution is 0.662. The first kappa shape index (κ1) is 12.2. The van der Waals surface area contributed by atoms with Crippen molar-refractivity contribution < 1.29 is 0 Å². The molecule has 0 aliphatic carbocycles. The van der Waals surface area contributed by atoms with Gasteiger partial charge in [0.05, 0.1) is 0 Å². The van der Waals surface area contributed by atoms with Crippen LogP contribution in [-0.4, -0.2) is 17.0 Å². The molecule has 1 N–H and O–H groups in total. The van der Waals surface area contributed by atoms with Crippen LogP contribution in [0.1, 0.15) is 29.0 Å². The number of nitrogens with one attached hydrogen (secondary N) is 1. The zero-order chi connectivity index (χ0) is 12.4. The number of rotatable bonds is 3. The molecule has 90 valence electrons. The lowest BCUT2D eigenvalue weighted by atomic mass is 10.2. The van der Waals surface area contributed by atoms with E-state index in [2.05, 4.69) is 42.1 Å². The van der Waals surface area contributed by atoms with Gasteiger partial charge in [0.15, 0.2) is 0 Å². The molecule has 1 atom stereocenters. The summed E-state index contributed by atoms with van der Waals surface area (Å²) in [6.07, 6.45) is 3.83. The van der Waals surface area contributed by atoms with E-state index in [0.717, 1.165) is 10.7 Å². The van der Waals surface area contributed by atoms with Crippen molar-refractivity contribution in [3.05, 3.63) is 34.5 Å². The van der Waals surface area contributed by atoms with Crippen molar-refractivity contribution in [3.8, 4) is 10.7 Å². The molecule has 0 radical (unpaired) electrons. The topological polar surface area (TPSA) is 37.8 Å². The van der Waals surface area contributed by atoms with Crippen LogP contribution < -0.4 is 5.32 Å². The minimum atomic E-state index is 0.340. The van der Waals surface area contributed by atoms with E-state index in [9.17, 15) is 0 Å². The van der Waals surface area contributed by atoms with Crippen molar-refractivity contribution >= 4 is 11.3 Å². The van der Waals surface area contributed by atoms with Crippen LogP contribution in [0.5, 0.6) is 0 Å². The zero-order valence-electron chi connectivity index (χ0n) is 10.6. The Morgan fingerprint density at radius 1 is 1.24 bits per heavy atom. The third kappa shape index (κ3) is 2.53. The van der Waals surface area contributed by atoms with Gasteiger partial charge in [0.25, 0.3) is 0 Å². The second-order valence-corrected chi connectivity index (χ2v) is 5.32. The van der Waals surface area contributed by atoms with Gasteiger partial charge in [-0.05, 0) is 38.9 Å². The van der Waals surface area contributed by atoms with Crippen LogP contribution >= 0.6 is 11.3 Å². The molecule has 0 amide bonds. The summed E-state index contributed by atoms with van der Waals surface area (Å²) >= 11 is 1.70. The molecule has 0 fully saturated rings. The molecule has 0 aliphatic heterocycles. The molecule has 0 saturated heterocycles. The largest absolute Gasteiger partial charge is 0.312 e. The Morgan fingerprint density at radius 2 is 2.00 bits per heavy atom. The van der Waals surface area contributed by atoms with Crippen molar-refractivity contribution in [2.24, 2.45) is 0 Å². The first-order valence-electron chi connectivity index (χ1n) is 5.68. The zero-order valence-corrected chi connectivity index (χ0v) is 11.4.